The van der Waals surface area contributed by atoms with Crippen LogP contribution in [-0.2, 0) is 0 Å². The molecule has 6 heteroatoms. The van der Waals surface area contributed by atoms with Crippen LogP contribution < -0.4 is 10.6 Å². The van der Waals surface area contributed by atoms with Crippen molar-refractivity contribution in [1.29, 1.82) is 0 Å². The van der Waals surface area contributed by atoms with Crippen LogP contribution in [0, 0.1) is 0 Å². The van der Waals surface area contributed by atoms with Gasteiger partial charge in [0.05, 0.1) is 6.61 Å². The van der Waals surface area contributed by atoms with Crippen LogP contribution >= 0.6 is 0 Å². The molecule has 0 aliphatic carbocycles. The van der Waals surface area contributed by atoms with Gasteiger partial charge >= 0.3 is 0 Å². The van der Waals surface area contributed by atoms with Gasteiger partial charge in [-0.3, -0.25) is 0 Å². The normalized spacial score (nSPS) is 11.6. The molecular weight excluding hydrogens is 232 g/mol. The molecule has 100 valence electrons. The summed E-state index contributed by atoms with van der Waals surface area (Å²) in [5.74, 6) is 0.823. The molecule has 0 saturated heterocycles. The van der Waals surface area contributed by atoms with E-state index in [1.807, 2.05) is 4.90 Å². The summed E-state index contributed by atoms with van der Waals surface area (Å²) in [5, 5.41) is 20.5. The number of unbranched alkanes of at least 4 members (excludes halogenated alkanes) is 1. The highest BCUT2D eigenvalue weighted by molar-refractivity contribution is 5.96. The van der Waals surface area contributed by atoms with E-state index in [1.165, 1.54) is 0 Å². The largest absolute Gasteiger partial charge is 0.409 e. The Bertz CT molecular complexity index is 378. The summed E-state index contributed by atoms with van der Waals surface area (Å²) >= 11 is 0. The highest BCUT2D eigenvalue weighted by Gasteiger charge is 2.07. The van der Waals surface area contributed by atoms with E-state index in [1.54, 1.807) is 18.3 Å². The highest BCUT2D eigenvalue weighted by atomic mass is 16.4. The lowest BCUT2D eigenvalue weighted by Gasteiger charge is -2.22. The van der Waals surface area contributed by atoms with Gasteiger partial charge in [0.1, 0.15) is 5.82 Å². The summed E-state index contributed by atoms with van der Waals surface area (Å²) in [6.45, 7) is 3.61. The Kier molecular flexibility index (Phi) is 5.93. The first-order valence-corrected chi connectivity index (χ1v) is 6.02. The number of oxime groups is 1. The Morgan fingerprint density at radius 3 is 2.72 bits per heavy atom. The number of aromatic nitrogens is 1. The minimum Gasteiger partial charge on any atom is -0.409 e. The average molecular weight is 252 g/mol. The van der Waals surface area contributed by atoms with Crippen molar-refractivity contribution in [2.24, 2.45) is 10.9 Å². The second-order valence-electron chi connectivity index (χ2n) is 3.95. The van der Waals surface area contributed by atoms with Crippen LogP contribution in [0.1, 0.15) is 25.3 Å². The molecule has 0 atom stereocenters. The SMILES string of the molecule is CCCCN(CCO)c1ccc(C(N)=NO)cn1. The Balaban J connectivity index is 2.79. The minimum atomic E-state index is 0.0383. The predicted molar refractivity (Wildman–Crippen MR) is 71.0 cm³/mol. The Labute approximate surface area is 107 Å². The van der Waals surface area contributed by atoms with Crippen LogP contribution in [0.3, 0.4) is 0 Å². The number of nitrogens with two attached hydrogens (primary N) is 1. The monoisotopic (exact) mass is 252 g/mol. The molecule has 0 unspecified atom stereocenters. The summed E-state index contributed by atoms with van der Waals surface area (Å²) in [4.78, 5) is 6.28. The van der Waals surface area contributed by atoms with Crippen molar-refractivity contribution in [2.45, 2.75) is 19.8 Å². The second kappa shape index (κ2) is 7.50. The van der Waals surface area contributed by atoms with Gasteiger partial charge in [-0.15, -0.1) is 0 Å². The van der Waals surface area contributed by atoms with E-state index in [9.17, 15) is 0 Å². The summed E-state index contributed by atoms with van der Waals surface area (Å²) in [6.07, 6.45) is 3.69. The highest BCUT2D eigenvalue weighted by Crippen LogP contribution is 2.12. The number of pyridine rings is 1. The average Bonchev–Trinajstić information content (AvgIpc) is 2.43. The first kappa shape index (κ1) is 14.2. The third kappa shape index (κ3) is 3.89. The lowest BCUT2D eigenvalue weighted by molar-refractivity contribution is 0.301. The first-order valence-electron chi connectivity index (χ1n) is 6.02. The maximum atomic E-state index is 9.04. The van der Waals surface area contributed by atoms with Crippen LogP contribution in [-0.4, -0.2) is 40.8 Å². The van der Waals surface area contributed by atoms with E-state index < -0.39 is 0 Å². The van der Waals surface area contributed by atoms with Gasteiger partial charge in [0.25, 0.3) is 0 Å². The lowest BCUT2D eigenvalue weighted by Crippen LogP contribution is -2.28. The van der Waals surface area contributed by atoms with Crippen LogP contribution in [0.25, 0.3) is 0 Å². The molecule has 1 rings (SSSR count). The van der Waals surface area contributed by atoms with E-state index in [-0.39, 0.29) is 12.4 Å². The zero-order valence-electron chi connectivity index (χ0n) is 10.6. The van der Waals surface area contributed by atoms with E-state index in [2.05, 4.69) is 17.1 Å². The van der Waals surface area contributed by atoms with Crippen molar-refractivity contribution in [2.75, 3.05) is 24.6 Å². The molecule has 0 aliphatic heterocycles. The molecule has 0 aromatic carbocycles. The number of rotatable bonds is 7. The first-order chi connectivity index (χ1) is 8.72. The third-order valence-electron chi connectivity index (χ3n) is 2.63. The van der Waals surface area contributed by atoms with E-state index in [0.717, 1.165) is 25.2 Å². The van der Waals surface area contributed by atoms with Gasteiger partial charge < -0.3 is 20.9 Å². The van der Waals surface area contributed by atoms with Gasteiger partial charge in [-0.25, -0.2) is 4.98 Å². The lowest BCUT2D eigenvalue weighted by atomic mass is 10.2. The molecule has 0 aliphatic rings. The molecule has 1 aromatic heterocycles. The fraction of sp³-hybridized carbons (Fsp3) is 0.500. The number of aliphatic hydroxyl groups is 1. The van der Waals surface area contributed by atoms with Crippen molar-refractivity contribution in [3.63, 3.8) is 0 Å². The molecule has 0 bridgehead atoms. The molecule has 4 N–H and O–H groups in total. The van der Waals surface area contributed by atoms with Gasteiger partial charge in [0.15, 0.2) is 5.84 Å². The molecule has 0 fully saturated rings. The molecule has 0 spiro atoms. The van der Waals surface area contributed by atoms with Crippen molar-refractivity contribution in [3.05, 3.63) is 23.9 Å². The van der Waals surface area contributed by atoms with Gasteiger partial charge in [0, 0.05) is 24.8 Å². The number of aliphatic hydroxyl groups excluding tert-OH is 1. The summed E-state index contributed by atoms with van der Waals surface area (Å²) in [7, 11) is 0. The maximum absolute atomic E-state index is 9.04. The standard InChI is InChI=1S/C12H20N4O2/c1-2-3-6-16(7-8-17)11-5-4-10(9-14-11)12(13)15-18/h4-5,9,17-18H,2-3,6-8H2,1H3,(H2,13,15). The number of amidine groups is 1. The molecule has 0 saturated carbocycles. The van der Waals surface area contributed by atoms with Gasteiger partial charge in [-0.05, 0) is 18.6 Å². The Hall–Kier alpha value is -1.82. The maximum Gasteiger partial charge on any atom is 0.171 e. The van der Waals surface area contributed by atoms with Crippen LogP contribution in [0.15, 0.2) is 23.5 Å². The third-order valence-corrected chi connectivity index (χ3v) is 2.63. The quantitative estimate of drug-likeness (QED) is 0.288. The van der Waals surface area contributed by atoms with Gasteiger partial charge in [-0.1, -0.05) is 18.5 Å². The topological polar surface area (TPSA) is 95.0 Å². The van der Waals surface area contributed by atoms with E-state index >= 15 is 0 Å². The minimum absolute atomic E-state index is 0.0383. The van der Waals surface area contributed by atoms with E-state index in [4.69, 9.17) is 16.0 Å². The fourth-order valence-corrected chi connectivity index (χ4v) is 1.59. The fourth-order valence-electron chi connectivity index (χ4n) is 1.59. The second-order valence-corrected chi connectivity index (χ2v) is 3.95. The molecule has 1 heterocycles. The Morgan fingerprint density at radius 2 is 2.22 bits per heavy atom. The summed E-state index contributed by atoms with van der Waals surface area (Å²) in [5.41, 5.74) is 6.04. The molecule has 0 amide bonds. The zero-order chi connectivity index (χ0) is 13.4. The van der Waals surface area contributed by atoms with Crippen molar-refractivity contribution < 1.29 is 10.3 Å². The molecular formula is C12H20N4O2. The summed E-state index contributed by atoms with van der Waals surface area (Å²) < 4.78 is 0. The van der Waals surface area contributed by atoms with Crippen molar-refractivity contribution >= 4 is 11.7 Å². The molecule has 6 nitrogen and oxygen atoms in total. The predicted octanol–water partition coefficient (Wildman–Crippen LogP) is 0.775. The zero-order valence-corrected chi connectivity index (χ0v) is 10.6. The van der Waals surface area contributed by atoms with Crippen molar-refractivity contribution in [1.82, 2.24) is 4.98 Å². The molecule has 1 aromatic rings. The van der Waals surface area contributed by atoms with Crippen LogP contribution in [0.5, 0.6) is 0 Å². The van der Waals surface area contributed by atoms with Gasteiger partial charge in [-0.2, -0.15) is 0 Å². The molecule has 0 radical (unpaired) electrons. The van der Waals surface area contributed by atoms with Crippen molar-refractivity contribution in [3.8, 4) is 0 Å². The van der Waals surface area contributed by atoms with Gasteiger partial charge in [0.2, 0.25) is 0 Å². The Morgan fingerprint density at radius 1 is 1.44 bits per heavy atom. The summed E-state index contributed by atoms with van der Waals surface area (Å²) in [6, 6.07) is 3.55. The van der Waals surface area contributed by atoms with E-state index in [0.29, 0.717) is 12.1 Å². The smallest absolute Gasteiger partial charge is 0.171 e. The number of hydrogen-bond donors (Lipinski definition) is 3. The number of hydrogen-bond acceptors (Lipinski definition) is 5. The van der Waals surface area contributed by atoms with Crippen LogP contribution in [0.4, 0.5) is 5.82 Å². The number of anilines is 1. The van der Waals surface area contributed by atoms with Crippen LogP contribution in [0.2, 0.25) is 0 Å². The molecule has 18 heavy (non-hydrogen) atoms. The number of nitrogens with zero attached hydrogens (tertiary/aromatic N) is 3.